The first-order valence-electron chi connectivity index (χ1n) is 6.74. The largest absolute Gasteiger partial charge is 0.476 e. The minimum Gasteiger partial charge on any atom is -0.476 e. The Bertz CT molecular complexity index is 864. The summed E-state index contributed by atoms with van der Waals surface area (Å²) in [5.41, 5.74) is 0.829. The molecule has 122 valence electrons. The van der Waals surface area contributed by atoms with Crippen molar-refractivity contribution in [3.63, 3.8) is 0 Å². The third-order valence-corrected chi connectivity index (χ3v) is 4.86. The van der Waals surface area contributed by atoms with Gasteiger partial charge in [0.05, 0.1) is 32.7 Å². The van der Waals surface area contributed by atoms with Crippen LogP contribution in [0.15, 0.2) is 53.5 Å². The van der Waals surface area contributed by atoms with Gasteiger partial charge in [-0.3, -0.25) is 4.57 Å². The van der Waals surface area contributed by atoms with E-state index in [1.165, 1.54) is 25.8 Å². The Morgan fingerprint density at radius 2 is 1.91 bits per heavy atom. The number of ether oxygens (including phenoxy) is 1. The van der Waals surface area contributed by atoms with Gasteiger partial charge in [-0.05, 0) is 19.1 Å². The predicted octanol–water partition coefficient (Wildman–Crippen LogP) is 2.22. The molecule has 0 saturated carbocycles. The maximum absolute atomic E-state index is 12.2. The normalized spacial score (nSPS) is 20.7. The van der Waals surface area contributed by atoms with Gasteiger partial charge in [0.25, 0.3) is 0 Å². The smallest absolute Gasteiger partial charge is 0.355 e. The van der Waals surface area contributed by atoms with Crippen LogP contribution in [-0.4, -0.2) is 30.3 Å². The van der Waals surface area contributed by atoms with Crippen LogP contribution in [-0.2, 0) is 7.01 Å². The summed E-state index contributed by atoms with van der Waals surface area (Å²) in [4.78, 5) is 16.1. The summed E-state index contributed by atoms with van der Waals surface area (Å²) >= 11 is 1.35. The Morgan fingerprint density at radius 1 is 1.22 bits per heavy atom. The lowest BCUT2D eigenvalue weighted by molar-refractivity contribution is 0.323. The first kappa shape index (κ1) is 17.7. The fourth-order valence-electron chi connectivity index (χ4n) is 1.82. The number of allylic oxidation sites excluding steroid dienone is 8. The molecular formula is C15H15IN2O4S. The predicted molar refractivity (Wildman–Crippen MR) is 98.2 cm³/mol. The summed E-state index contributed by atoms with van der Waals surface area (Å²) in [5, 5.41) is 0. The van der Waals surface area contributed by atoms with Crippen molar-refractivity contribution < 1.29 is 13.2 Å². The fraction of sp³-hybridized carbons (Fsp3) is 0.200. The molecule has 0 amide bonds. The molecule has 1 heterocycles. The zero-order valence-electron chi connectivity index (χ0n) is 12.3. The average Bonchev–Trinajstić information content (AvgIpc) is 2.41. The van der Waals surface area contributed by atoms with Gasteiger partial charge in [-0.1, -0.05) is 30.4 Å². The van der Waals surface area contributed by atoms with E-state index in [2.05, 4.69) is 4.98 Å². The second kappa shape index (κ2) is 7.73. The van der Waals surface area contributed by atoms with Gasteiger partial charge in [0.2, 0.25) is 12.9 Å². The van der Waals surface area contributed by atoms with Crippen molar-refractivity contribution in [1.29, 1.82) is 0 Å². The third-order valence-electron chi connectivity index (χ3n) is 2.89. The zero-order chi connectivity index (χ0) is 16.9. The Balaban J connectivity index is 2.25. The number of rotatable bonds is 5. The number of hydrogen-bond donors (Lipinski definition) is 0. The molecular weight excluding hydrogens is 431 g/mol. The maximum atomic E-state index is 12.2. The van der Waals surface area contributed by atoms with Crippen molar-refractivity contribution in [1.82, 2.24) is 9.55 Å². The lowest BCUT2D eigenvalue weighted by atomic mass is 10.2. The lowest BCUT2D eigenvalue weighted by Crippen LogP contribution is -2.23. The van der Waals surface area contributed by atoms with E-state index in [9.17, 15) is 13.2 Å². The van der Waals surface area contributed by atoms with Crippen LogP contribution in [0.25, 0.3) is 5.70 Å². The van der Waals surface area contributed by atoms with Crippen LogP contribution in [0.5, 0.6) is 5.88 Å². The quantitative estimate of drug-likeness (QED) is 0.512. The molecule has 23 heavy (non-hydrogen) atoms. The summed E-state index contributed by atoms with van der Waals surface area (Å²) in [6.45, 7) is 1.71. The van der Waals surface area contributed by atoms with E-state index in [0.717, 1.165) is 0 Å². The van der Waals surface area contributed by atoms with Crippen molar-refractivity contribution in [3.8, 4) is 5.88 Å². The van der Waals surface area contributed by atoms with E-state index in [1.807, 2.05) is 30.4 Å². The van der Waals surface area contributed by atoms with E-state index in [-0.39, 0.29) is 18.2 Å². The van der Waals surface area contributed by atoms with Crippen molar-refractivity contribution in [3.05, 3.63) is 64.8 Å². The van der Waals surface area contributed by atoms with Gasteiger partial charge in [0.15, 0.2) is 0 Å². The van der Waals surface area contributed by atoms with Gasteiger partial charge in [-0.15, -0.1) is 0 Å². The Morgan fingerprint density at radius 3 is 2.65 bits per heavy atom. The van der Waals surface area contributed by atoms with Crippen LogP contribution in [0.2, 0.25) is 0 Å². The molecule has 0 atom stereocenters. The summed E-state index contributed by atoms with van der Waals surface area (Å²) < 4.78 is 28.9. The van der Waals surface area contributed by atoms with E-state index >= 15 is 0 Å². The summed E-state index contributed by atoms with van der Waals surface area (Å²) in [5.74, 6) is 0.0140. The van der Waals surface area contributed by atoms with Crippen molar-refractivity contribution in [2.45, 2.75) is 6.92 Å². The minimum atomic E-state index is -3.15. The van der Waals surface area contributed by atoms with Gasteiger partial charge >= 0.3 is 5.69 Å². The molecule has 0 saturated heterocycles. The molecule has 1 aliphatic rings. The Hall–Kier alpha value is -1.68. The first-order chi connectivity index (χ1) is 10.9. The molecule has 0 spiro atoms. The molecule has 0 unspecified atom stereocenters. The zero-order valence-corrected chi connectivity index (χ0v) is 15.3. The van der Waals surface area contributed by atoms with Crippen molar-refractivity contribution in [2.75, 3.05) is 12.4 Å². The van der Waals surface area contributed by atoms with Gasteiger partial charge in [-0.25, -0.2) is 13.2 Å². The summed E-state index contributed by atoms with van der Waals surface area (Å²) in [6, 6.07) is 0. The third kappa shape index (κ3) is 5.47. The molecule has 0 bridgehead atoms. The molecule has 2 rings (SSSR count). The monoisotopic (exact) mass is 446 g/mol. The van der Waals surface area contributed by atoms with Gasteiger partial charge in [0, 0.05) is 11.8 Å². The van der Waals surface area contributed by atoms with Crippen LogP contribution < -0.4 is 10.4 Å². The SMILES string of the molecule is Cc1cn(C2=C/C=C\C=C/C=C\2)c(=O)nc1OCCS(=O)(=O)I. The molecule has 0 aromatic carbocycles. The molecule has 0 fully saturated rings. The van der Waals surface area contributed by atoms with Gasteiger partial charge in [0.1, 0.15) is 6.61 Å². The van der Waals surface area contributed by atoms with Gasteiger partial charge in [-0.2, -0.15) is 4.98 Å². The van der Waals surface area contributed by atoms with Crippen LogP contribution in [0.3, 0.4) is 0 Å². The van der Waals surface area contributed by atoms with E-state index in [1.54, 1.807) is 25.3 Å². The molecule has 1 aromatic heterocycles. The number of nitrogens with zero attached hydrogens (tertiary/aromatic N) is 2. The second-order valence-corrected chi connectivity index (χ2v) is 10.2. The number of aryl methyl sites for hydroxylation is 1. The van der Waals surface area contributed by atoms with E-state index < -0.39 is 12.7 Å². The molecule has 0 aliphatic heterocycles. The van der Waals surface area contributed by atoms with Crippen LogP contribution >= 0.6 is 21.2 Å². The summed E-state index contributed by atoms with van der Waals surface area (Å²) in [6.07, 6.45) is 14.5. The Kier molecular flexibility index (Phi) is 5.94. The Labute approximate surface area is 146 Å². The molecule has 0 N–H and O–H groups in total. The first-order valence-corrected chi connectivity index (χ1v) is 10.9. The van der Waals surface area contributed by atoms with E-state index in [0.29, 0.717) is 11.3 Å². The highest BCUT2D eigenvalue weighted by Gasteiger charge is 2.10. The molecule has 1 aliphatic carbocycles. The molecule has 8 heteroatoms. The standard InChI is InChI=1S/C15H15IN2O4S/c1-12-11-18(13-7-5-3-2-4-6-8-13)15(19)17-14(12)22-9-10-23(16,20)21/h2-8,11H,9-10H2,1H3/b3-2-,4-2?,5-3?,6-4-,7-5-,8-6?,13-7?,13-8+. The maximum Gasteiger partial charge on any atom is 0.355 e. The topological polar surface area (TPSA) is 78.3 Å². The fourth-order valence-corrected chi connectivity index (χ4v) is 2.64. The average molecular weight is 446 g/mol. The van der Waals surface area contributed by atoms with Gasteiger partial charge < -0.3 is 4.74 Å². The van der Waals surface area contributed by atoms with Crippen LogP contribution in [0, 0.1) is 6.92 Å². The lowest BCUT2D eigenvalue weighted by Gasteiger charge is -2.11. The molecule has 0 radical (unpaired) electrons. The van der Waals surface area contributed by atoms with Crippen LogP contribution in [0.4, 0.5) is 0 Å². The second-order valence-electron chi connectivity index (χ2n) is 4.69. The minimum absolute atomic E-state index is 0.0430. The highest BCUT2D eigenvalue weighted by molar-refractivity contribution is 14.2. The highest BCUT2D eigenvalue weighted by Crippen LogP contribution is 2.14. The highest BCUT2D eigenvalue weighted by atomic mass is 127. The number of hydrogen-bond acceptors (Lipinski definition) is 5. The van der Waals surface area contributed by atoms with Crippen molar-refractivity contribution >= 4 is 33.9 Å². The van der Waals surface area contributed by atoms with Crippen molar-refractivity contribution in [2.24, 2.45) is 0 Å². The van der Waals surface area contributed by atoms with Crippen LogP contribution in [0.1, 0.15) is 5.56 Å². The molecule has 1 aromatic rings. The number of aromatic nitrogens is 2. The molecule has 6 nitrogen and oxygen atoms in total. The summed E-state index contributed by atoms with van der Waals surface area (Å²) in [7, 11) is -3.15. The van der Waals surface area contributed by atoms with E-state index in [4.69, 9.17) is 4.74 Å². The number of halogens is 1.